The maximum absolute atomic E-state index is 11.6. The molecule has 0 aliphatic rings. The van der Waals surface area contributed by atoms with E-state index in [9.17, 15) is 4.79 Å². The van der Waals surface area contributed by atoms with Gasteiger partial charge in [0.15, 0.2) is 0 Å². The summed E-state index contributed by atoms with van der Waals surface area (Å²) in [4.78, 5) is 12.9. The van der Waals surface area contributed by atoms with Gasteiger partial charge in [0, 0.05) is 17.5 Å². The topological polar surface area (TPSA) is 42.2 Å². The number of amides is 1. The summed E-state index contributed by atoms with van der Waals surface area (Å²) in [6.07, 6.45) is 9.52. The van der Waals surface area contributed by atoms with Gasteiger partial charge in [0.25, 0.3) is 0 Å². The Balaban J connectivity index is 1.76. The van der Waals surface area contributed by atoms with Crippen molar-refractivity contribution < 1.29 is 9.21 Å². The Morgan fingerprint density at radius 1 is 1.30 bits per heavy atom. The average molecular weight is 287 g/mol. The number of benzene rings is 1. The standard InChI is InChI=1S/C16H17NO2S/c1-20-15-5-2-13(3-6-15)4-7-16(18)17-10-8-14-9-11-19-12-14/h2-7,9,11-12H,8,10H2,1H3,(H,17,18). The molecule has 3 nitrogen and oxygen atoms in total. The fourth-order valence-electron chi connectivity index (χ4n) is 1.71. The number of rotatable bonds is 6. The number of carbonyl (C=O) groups excluding carboxylic acids is 1. The summed E-state index contributed by atoms with van der Waals surface area (Å²) in [5.41, 5.74) is 2.11. The fraction of sp³-hybridized carbons (Fsp3) is 0.188. The second-order valence-electron chi connectivity index (χ2n) is 4.28. The van der Waals surface area contributed by atoms with Crippen LogP contribution in [0.5, 0.6) is 0 Å². The first-order valence-electron chi connectivity index (χ1n) is 6.39. The molecule has 1 N–H and O–H groups in total. The minimum absolute atomic E-state index is 0.0811. The van der Waals surface area contributed by atoms with Gasteiger partial charge in [-0.15, -0.1) is 11.8 Å². The van der Waals surface area contributed by atoms with Crippen molar-refractivity contribution in [2.45, 2.75) is 11.3 Å². The van der Waals surface area contributed by atoms with Crippen molar-refractivity contribution in [3.8, 4) is 0 Å². The van der Waals surface area contributed by atoms with Crippen LogP contribution in [0.25, 0.3) is 6.08 Å². The lowest BCUT2D eigenvalue weighted by Crippen LogP contribution is -2.23. The Morgan fingerprint density at radius 3 is 2.75 bits per heavy atom. The van der Waals surface area contributed by atoms with Crippen molar-refractivity contribution in [2.24, 2.45) is 0 Å². The highest BCUT2D eigenvalue weighted by atomic mass is 32.2. The van der Waals surface area contributed by atoms with E-state index in [1.807, 2.05) is 42.7 Å². The lowest BCUT2D eigenvalue weighted by Gasteiger charge is -2.00. The van der Waals surface area contributed by atoms with E-state index >= 15 is 0 Å². The van der Waals surface area contributed by atoms with E-state index in [0.29, 0.717) is 6.54 Å². The zero-order chi connectivity index (χ0) is 14.2. The SMILES string of the molecule is CSc1ccc(C=CC(=O)NCCc2ccoc2)cc1. The molecule has 0 bridgehead atoms. The lowest BCUT2D eigenvalue weighted by molar-refractivity contribution is -0.116. The molecular weight excluding hydrogens is 270 g/mol. The molecule has 104 valence electrons. The molecule has 1 aromatic carbocycles. The zero-order valence-corrected chi connectivity index (χ0v) is 12.2. The van der Waals surface area contributed by atoms with E-state index in [1.54, 1.807) is 30.4 Å². The van der Waals surface area contributed by atoms with Crippen LogP contribution in [0.1, 0.15) is 11.1 Å². The van der Waals surface area contributed by atoms with Crippen molar-refractivity contribution in [3.05, 3.63) is 60.1 Å². The number of hydrogen-bond donors (Lipinski definition) is 1. The highest BCUT2D eigenvalue weighted by Crippen LogP contribution is 2.15. The highest BCUT2D eigenvalue weighted by molar-refractivity contribution is 7.98. The Bertz CT molecular complexity index is 559. The summed E-state index contributed by atoms with van der Waals surface area (Å²) in [6, 6.07) is 9.99. The molecule has 0 unspecified atom stereocenters. The third-order valence-electron chi connectivity index (χ3n) is 2.84. The number of nitrogens with one attached hydrogen (secondary N) is 1. The summed E-state index contributed by atoms with van der Waals surface area (Å²) in [6.45, 7) is 0.605. The molecule has 20 heavy (non-hydrogen) atoms. The van der Waals surface area contributed by atoms with E-state index in [-0.39, 0.29) is 5.91 Å². The van der Waals surface area contributed by atoms with Crippen LogP contribution in [0, 0.1) is 0 Å². The third kappa shape index (κ3) is 4.63. The van der Waals surface area contributed by atoms with E-state index in [0.717, 1.165) is 17.5 Å². The first-order chi connectivity index (χ1) is 9.78. The molecule has 1 amide bonds. The molecule has 0 spiro atoms. The van der Waals surface area contributed by atoms with Crippen LogP contribution in [0.4, 0.5) is 0 Å². The summed E-state index contributed by atoms with van der Waals surface area (Å²) in [7, 11) is 0. The first kappa shape index (κ1) is 14.5. The van der Waals surface area contributed by atoms with Gasteiger partial charge in [-0.05, 0) is 48.1 Å². The monoisotopic (exact) mass is 287 g/mol. The molecule has 1 heterocycles. The average Bonchev–Trinajstić information content (AvgIpc) is 2.99. The van der Waals surface area contributed by atoms with Gasteiger partial charge in [0.1, 0.15) is 0 Å². The van der Waals surface area contributed by atoms with Gasteiger partial charge in [-0.2, -0.15) is 0 Å². The summed E-state index contributed by atoms with van der Waals surface area (Å²) in [5.74, 6) is -0.0811. The normalized spacial score (nSPS) is 10.8. The van der Waals surface area contributed by atoms with Crippen LogP contribution in [-0.4, -0.2) is 18.7 Å². The number of hydrogen-bond acceptors (Lipinski definition) is 3. The van der Waals surface area contributed by atoms with Crippen LogP contribution >= 0.6 is 11.8 Å². The van der Waals surface area contributed by atoms with Gasteiger partial charge in [-0.25, -0.2) is 0 Å². The first-order valence-corrected chi connectivity index (χ1v) is 7.61. The van der Waals surface area contributed by atoms with Gasteiger partial charge in [0.2, 0.25) is 5.91 Å². The zero-order valence-electron chi connectivity index (χ0n) is 11.3. The van der Waals surface area contributed by atoms with Crippen LogP contribution in [-0.2, 0) is 11.2 Å². The van der Waals surface area contributed by atoms with Crippen LogP contribution in [0.3, 0.4) is 0 Å². The summed E-state index contributed by atoms with van der Waals surface area (Å²) >= 11 is 1.70. The quantitative estimate of drug-likeness (QED) is 0.654. The molecular formula is C16H17NO2S. The lowest BCUT2D eigenvalue weighted by atomic mass is 10.2. The van der Waals surface area contributed by atoms with E-state index in [1.165, 1.54) is 4.90 Å². The van der Waals surface area contributed by atoms with Crippen molar-refractivity contribution in [2.75, 3.05) is 12.8 Å². The van der Waals surface area contributed by atoms with Crippen molar-refractivity contribution >= 4 is 23.7 Å². The van der Waals surface area contributed by atoms with Crippen molar-refractivity contribution in [1.82, 2.24) is 5.32 Å². The molecule has 0 saturated heterocycles. The predicted octanol–water partition coefficient (Wildman–Crippen LogP) is 3.37. The van der Waals surface area contributed by atoms with Gasteiger partial charge >= 0.3 is 0 Å². The number of thioether (sulfide) groups is 1. The number of carbonyl (C=O) groups is 1. The third-order valence-corrected chi connectivity index (χ3v) is 3.58. The largest absolute Gasteiger partial charge is 0.472 e. The molecule has 0 aliphatic carbocycles. The van der Waals surface area contributed by atoms with Crippen LogP contribution in [0.2, 0.25) is 0 Å². The van der Waals surface area contributed by atoms with Crippen molar-refractivity contribution in [3.63, 3.8) is 0 Å². The molecule has 0 atom stereocenters. The minimum atomic E-state index is -0.0811. The fourth-order valence-corrected chi connectivity index (χ4v) is 2.12. The van der Waals surface area contributed by atoms with E-state index in [2.05, 4.69) is 5.32 Å². The Labute approximate surface area is 123 Å². The van der Waals surface area contributed by atoms with Gasteiger partial charge < -0.3 is 9.73 Å². The maximum atomic E-state index is 11.6. The van der Waals surface area contributed by atoms with E-state index < -0.39 is 0 Å². The Morgan fingerprint density at radius 2 is 2.10 bits per heavy atom. The second kappa shape index (κ2) is 7.60. The molecule has 0 saturated carbocycles. The van der Waals surface area contributed by atoms with Crippen LogP contribution in [0.15, 0.2) is 58.2 Å². The molecule has 0 fully saturated rings. The minimum Gasteiger partial charge on any atom is -0.472 e. The molecule has 0 radical (unpaired) electrons. The maximum Gasteiger partial charge on any atom is 0.244 e. The Hall–Kier alpha value is -1.94. The molecule has 1 aromatic heterocycles. The van der Waals surface area contributed by atoms with Crippen LogP contribution < -0.4 is 5.32 Å². The van der Waals surface area contributed by atoms with Gasteiger partial charge in [-0.1, -0.05) is 12.1 Å². The van der Waals surface area contributed by atoms with Gasteiger partial charge in [0.05, 0.1) is 12.5 Å². The smallest absolute Gasteiger partial charge is 0.244 e. The summed E-state index contributed by atoms with van der Waals surface area (Å²) < 4.78 is 4.97. The molecule has 2 rings (SSSR count). The number of furan rings is 1. The highest BCUT2D eigenvalue weighted by Gasteiger charge is 1.97. The summed E-state index contributed by atoms with van der Waals surface area (Å²) in [5, 5.41) is 2.84. The second-order valence-corrected chi connectivity index (χ2v) is 5.16. The molecule has 4 heteroatoms. The molecule has 0 aliphatic heterocycles. The molecule has 2 aromatic rings. The predicted molar refractivity (Wildman–Crippen MR) is 82.7 cm³/mol. The van der Waals surface area contributed by atoms with Crippen molar-refractivity contribution in [1.29, 1.82) is 0 Å². The van der Waals surface area contributed by atoms with Gasteiger partial charge in [-0.3, -0.25) is 4.79 Å². The van der Waals surface area contributed by atoms with E-state index in [4.69, 9.17) is 4.42 Å². The Kier molecular flexibility index (Phi) is 5.50.